The monoisotopic (exact) mass is 387 g/mol. The topological polar surface area (TPSA) is 60.2 Å². The van der Waals surface area contributed by atoms with Gasteiger partial charge in [0.05, 0.1) is 0 Å². The average Bonchev–Trinajstić information content (AvgIpc) is 2.19. The Labute approximate surface area is 121 Å². The molecule has 0 bridgehead atoms. The molecule has 0 aromatic heterocycles. The maximum absolute atomic E-state index is 11.0. The molecule has 0 saturated heterocycles. The average molecular weight is 388 g/mol. The van der Waals surface area contributed by atoms with Crippen LogP contribution >= 0.6 is 34.2 Å². The van der Waals surface area contributed by atoms with Gasteiger partial charge in [0.2, 0.25) is 0 Å². The number of hydrogen-bond acceptors (Lipinski definition) is 3. The molecule has 1 aromatic carbocycles. The molecule has 0 heterocycles. The van der Waals surface area contributed by atoms with E-state index in [9.17, 15) is 8.42 Å². The fourth-order valence-electron chi connectivity index (χ4n) is 1.52. The van der Waals surface area contributed by atoms with E-state index in [2.05, 4.69) is 22.6 Å². The summed E-state index contributed by atoms with van der Waals surface area (Å²) >= 11 is 8.12. The summed E-state index contributed by atoms with van der Waals surface area (Å²) in [4.78, 5) is 0. The van der Waals surface area contributed by atoms with Crippen molar-refractivity contribution in [2.45, 2.75) is 18.9 Å². The summed E-state index contributed by atoms with van der Waals surface area (Å²) in [6.45, 7) is 0. The Kier molecular flexibility index (Phi) is 5.69. The Bertz CT molecular complexity index is 490. The van der Waals surface area contributed by atoms with Crippen molar-refractivity contribution in [3.8, 4) is 0 Å². The van der Waals surface area contributed by atoms with Gasteiger partial charge in [-0.15, -0.1) is 0 Å². The molecule has 0 fully saturated rings. The first-order chi connectivity index (χ1) is 7.79. The molecule has 1 rings (SSSR count). The molecule has 0 aliphatic carbocycles. The molecular weight excluding hydrogens is 373 g/mol. The van der Waals surface area contributed by atoms with E-state index in [1.807, 2.05) is 18.2 Å². The summed E-state index contributed by atoms with van der Waals surface area (Å²) in [5, 5.41) is 0.652. The zero-order valence-electron chi connectivity index (χ0n) is 9.49. The first kappa shape index (κ1) is 15.2. The van der Waals surface area contributed by atoms with E-state index in [1.54, 1.807) is 0 Å². The van der Waals surface area contributed by atoms with Crippen LogP contribution in [-0.2, 0) is 9.84 Å². The Morgan fingerprint density at radius 3 is 2.71 bits per heavy atom. The molecule has 3 nitrogen and oxygen atoms in total. The van der Waals surface area contributed by atoms with Gasteiger partial charge in [-0.1, -0.05) is 11.6 Å². The molecule has 0 aliphatic heterocycles. The molecule has 0 radical (unpaired) electrons. The minimum Gasteiger partial charge on any atom is -0.324 e. The van der Waals surface area contributed by atoms with Gasteiger partial charge in [0.1, 0.15) is 9.84 Å². The van der Waals surface area contributed by atoms with Crippen molar-refractivity contribution in [1.29, 1.82) is 0 Å². The van der Waals surface area contributed by atoms with Gasteiger partial charge in [0.25, 0.3) is 0 Å². The van der Waals surface area contributed by atoms with Gasteiger partial charge >= 0.3 is 0 Å². The Morgan fingerprint density at radius 2 is 2.12 bits per heavy atom. The SMILES string of the molecule is CS(=O)(=O)CCCC(N)c1cc(Cl)ccc1I. The number of nitrogens with two attached hydrogens (primary N) is 1. The molecule has 17 heavy (non-hydrogen) atoms. The Morgan fingerprint density at radius 1 is 1.47 bits per heavy atom. The number of benzene rings is 1. The number of sulfone groups is 1. The van der Waals surface area contributed by atoms with Crippen LogP contribution in [0.25, 0.3) is 0 Å². The van der Waals surface area contributed by atoms with Crippen molar-refractivity contribution in [2.75, 3.05) is 12.0 Å². The van der Waals surface area contributed by atoms with E-state index in [-0.39, 0.29) is 11.8 Å². The van der Waals surface area contributed by atoms with Crippen molar-refractivity contribution in [3.05, 3.63) is 32.4 Å². The first-order valence-corrected chi connectivity index (χ1v) is 8.69. The predicted octanol–water partition coefficient (Wildman–Crippen LogP) is 2.77. The van der Waals surface area contributed by atoms with Crippen LogP contribution in [0.2, 0.25) is 5.02 Å². The molecule has 0 saturated carbocycles. The molecule has 96 valence electrons. The largest absolute Gasteiger partial charge is 0.324 e. The summed E-state index contributed by atoms with van der Waals surface area (Å²) in [7, 11) is -2.90. The van der Waals surface area contributed by atoms with Crippen LogP contribution < -0.4 is 5.73 Å². The molecule has 0 aliphatic rings. The first-order valence-electron chi connectivity index (χ1n) is 5.18. The van der Waals surface area contributed by atoms with Crippen LogP contribution in [0.15, 0.2) is 18.2 Å². The third-order valence-electron chi connectivity index (χ3n) is 2.39. The Hall–Kier alpha value is 0.150. The minimum atomic E-state index is -2.90. The normalized spacial score (nSPS) is 13.6. The van der Waals surface area contributed by atoms with Gasteiger partial charge in [0.15, 0.2) is 0 Å². The maximum atomic E-state index is 11.0. The fraction of sp³-hybridized carbons (Fsp3) is 0.455. The quantitative estimate of drug-likeness (QED) is 0.790. The van der Waals surface area contributed by atoms with Crippen LogP contribution in [0.4, 0.5) is 0 Å². The zero-order chi connectivity index (χ0) is 13.1. The highest BCUT2D eigenvalue weighted by molar-refractivity contribution is 14.1. The van der Waals surface area contributed by atoms with E-state index in [0.717, 1.165) is 9.13 Å². The highest BCUT2D eigenvalue weighted by Crippen LogP contribution is 2.25. The van der Waals surface area contributed by atoms with Gasteiger partial charge in [-0.2, -0.15) is 0 Å². The summed E-state index contributed by atoms with van der Waals surface area (Å²) in [6, 6.07) is 5.40. The van der Waals surface area contributed by atoms with Crippen molar-refractivity contribution in [3.63, 3.8) is 0 Å². The second kappa shape index (κ2) is 6.36. The van der Waals surface area contributed by atoms with Gasteiger partial charge in [-0.05, 0) is 59.2 Å². The van der Waals surface area contributed by atoms with Crippen molar-refractivity contribution < 1.29 is 8.42 Å². The van der Waals surface area contributed by atoms with Gasteiger partial charge in [-0.3, -0.25) is 0 Å². The van der Waals surface area contributed by atoms with Gasteiger partial charge < -0.3 is 5.73 Å². The number of rotatable bonds is 5. The van der Waals surface area contributed by atoms with Crippen LogP contribution in [0.5, 0.6) is 0 Å². The van der Waals surface area contributed by atoms with E-state index < -0.39 is 9.84 Å². The second-order valence-electron chi connectivity index (χ2n) is 4.04. The van der Waals surface area contributed by atoms with E-state index >= 15 is 0 Å². The third-order valence-corrected chi connectivity index (χ3v) is 4.64. The smallest absolute Gasteiger partial charge is 0.147 e. The number of hydrogen-bond donors (Lipinski definition) is 1. The van der Waals surface area contributed by atoms with Crippen molar-refractivity contribution in [2.24, 2.45) is 5.73 Å². The molecule has 6 heteroatoms. The lowest BCUT2D eigenvalue weighted by molar-refractivity contribution is 0.587. The molecular formula is C11H15ClINO2S. The van der Waals surface area contributed by atoms with Crippen LogP contribution in [0.1, 0.15) is 24.4 Å². The molecule has 0 amide bonds. The summed E-state index contributed by atoms with van der Waals surface area (Å²) < 4.78 is 23.1. The minimum absolute atomic E-state index is 0.164. The fourth-order valence-corrected chi connectivity index (χ4v) is 3.13. The van der Waals surface area contributed by atoms with Gasteiger partial charge in [0, 0.05) is 26.6 Å². The van der Waals surface area contributed by atoms with Crippen molar-refractivity contribution >= 4 is 44.0 Å². The predicted molar refractivity (Wildman–Crippen MR) is 80.0 cm³/mol. The molecule has 2 N–H and O–H groups in total. The van der Waals surface area contributed by atoms with E-state index in [4.69, 9.17) is 17.3 Å². The van der Waals surface area contributed by atoms with E-state index in [1.165, 1.54) is 6.26 Å². The maximum Gasteiger partial charge on any atom is 0.147 e. The highest BCUT2D eigenvalue weighted by Gasteiger charge is 2.11. The van der Waals surface area contributed by atoms with Crippen LogP contribution in [-0.4, -0.2) is 20.4 Å². The molecule has 1 aromatic rings. The van der Waals surface area contributed by atoms with Crippen LogP contribution in [0.3, 0.4) is 0 Å². The lowest BCUT2D eigenvalue weighted by atomic mass is 10.0. The molecule has 1 unspecified atom stereocenters. The lowest BCUT2D eigenvalue weighted by Crippen LogP contribution is -2.14. The van der Waals surface area contributed by atoms with Crippen molar-refractivity contribution in [1.82, 2.24) is 0 Å². The summed E-state index contributed by atoms with van der Waals surface area (Å²) in [5.74, 6) is 0.178. The van der Waals surface area contributed by atoms with Crippen LogP contribution in [0, 0.1) is 3.57 Å². The zero-order valence-corrected chi connectivity index (χ0v) is 13.2. The van der Waals surface area contributed by atoms with Gasteiger partial charge in [-0.25, -0.2) is 8.42 Å². The Balaban J connectivity index is 2.64. The lowest BCUT2D eigenvalue weighted by Gasteiger charge is -2.14. The summed E-state index contributed by atoms with van der Waals surface area (Å²) in [6.07, 6.45) is 2.45. The molecule has 1 atom stereocenters. The van der Waals surface area contributed by atoms with E-state index in [0.29, 0.717) is 17.9 Å². The molecule has 0 spiro atoms. The second-order valence-corrected chi connectivity index (χ2v) is 7.90. The number of halogens is 2. The standard InChI is InChI=1S/C11H15ClINO2S/c1-17(15,16)6-2-3-11(14)9-7-8(12)4-5-10(9)13/h4-5,7,11H,2-3,6,14H2,1H3. The summed E-state index contributed by atoms with van der Waals surface area (Å²) in [5.41, 5.74) is 7.01. The third kappa shape index (κ3) is 5.54. The highest BCUT2D eigenvalue weighted by atomic mass is 127.